The van der Waals surface area contributed by atoms with Gasteiger partial charge in [0.25, 0.3) is 0 Å². The van der Waals surface area contributed by atoms with E-state index in [1.54, 1.807) is 6.08 Å². The summed E-state index contributed by atoms with van der Waals surface area (Å²) in [7, 11) is 0. The summed E-state index contributed by atoms with van der Waals surface area (Å²) >= 11 is 0. The van der Waals surface area contributed by atoms with E-state index in [4.69, 9.17) is 9.84 Å². The van der Waals surface area contributed by atoms with Gasteiger partial charge >= 0.3 is 5.97 Å². The van der Waals surface area contributed by atoms with E-state index in [0.717, 1.165) is 0 Å². The molecule has 0 aliphatic rings. The predicted molar refractivity (Wildman–Crippen MR) is 69.3 cm³/mol. The smallest absolute Gasteiger partial charge is 0.323 e. The van der Waals surface area contributed by atoms with Gasteiger partial charge in [-0.2, -0.15) is 0 Å². The summed E-state index contributed by atoms with van der Waals surface area (Å²) in [4.78, 5) is 23.9. The molecule has 18 heavy (non-hydrogen) atoms. The van der Waals surface area contributed by atoms with Crippen LogP contribution in [0, 0.1) is 5.92 Å². The van der Waals surface area contributed by atoms with Gasteiger partial charge in [-0.05, 0) is 12.3 Å². The molecule has 0 rings (SSSR count). The highest BCUT2D eigenvalue weighted by molar-refractivity contribution is 5.81. The zero-order valence-electron chi connectivity index (χ0n) is 11.2. The second-order valence-corrected chi connectivity index (χ2v) is 4.53. The first kappa shape index (κ1) is 16.6. The van der Waals surface area contributed by atoms with Gasteiger partial charge in [-0.3, -0.25) is 9.59 Å². The van der Waals surface area contributed by atoms with Gasteiger partial charge in [0, 0.05) is 19.6 Å². The number of rotatable bonds is 10. The van der Waals surface area contributed by atoms with Gasteiger partial charge in [0.15, 0.2) is 0 Å². The molecule has 104 valence electrons. The molecule has 5 heteroatoms. The van der Waals surface area contributed by atoms with Gasteiger partial charge in [-0.1, -0.05) is 19.9 Å². The second kappa shape index (κ2) is 9.65. The molecule has 0 spiro atoms. The van der Waals surface area contributed by atoms with E-state index in [9.17, 15) is 9.59 Å². The second-order valence-electron chi connectivity index (χ2n) is 4.53. The Bertz CT molecular complexity index is 276. The maximum atomic E-state index is 11.8. The van der Waals surface area contributed by atoms with Gasteiger partial charge in [0.05, 0.1) is 6.61 Å². The van der Waals surface area contributed by atoms with E-state index >= 15 is 0 Å². The van der Waals surface area contributed by atoms with E-state index in [1.807, 2.05) is 13.8 Å². The summed E-state index contributed by atoms with van der Waals surface area (Å²) in [6.07, 6.45) is 2.56. The molecular formula is C13H23NO4. The summed E-state index contributed by atoms with van der Waals surface area (Å²) in [6.45, 7) is 8.63. The Morgan fingerprint density at radius 3 is 2.61 bits per heavy atom. The van der Waals surface area contributed by atoms with Crippen LogP contribution in [0.2, 0.25) is 0 Å². The van der Waals surface area contributed by atoms with Crippen molar-refractivity contribution in [3.63, 3.8) is 0 Å². The molecule has 5 nitrogen and oxygen atoms in total. The lowest BCUT2D eigenvalue weighted by Crippen LogP contribution is -2.38. The van der Waals surface area contributed by atoms with Crippen molar-refractivity contribution in [1.29, 1.82) is 0 Å². The van der Waals surface area contributed by atoms with Gasteiger partial charge in [-0.15, -0.1) is 6.58 Å². The minimum Gasteiger partial charge on any atom is -0.480 e. The third-order valence-electron chi connectivity index (χ3n) is 2.18. The number of amides is 1. The minimum absolute atomic E-state index is 0.131. The third kappa shape index (κ3) is 8.75. The van der Waals surface area contributed by atoms with Crippen LogP contribution in [0.3, 0.4) is 0 Å². The standard InChI is InChI=1S/C13H23NO4/c1-4-7-18-8-5-6-12(15)14(9-11(2)3)10-13(16)17/h4,11H,1,5-10H2,2-3H3,(H,16,17). The Morgan fingerprint density at radius 1 is 1.44 bits per heavy atom. The minimum atomic E-state index is -0.980. The predicted octanol–water partition coefficient (Wildman–Crippen LogP) is 1.54. The molecule has 0 heterocycles. The molecule has 0 unspecified atom stereocenters. The number of nitrogens with zero attached hydrogens (tertiary/aromatic N) is 1. The number of carboxylic acids is 1. The topological polar surface area (TPSA) is 66.8 Å². The van der Waals surface area contributed by atoms with Gasteiger partial charge < -0.3 is 14.7 Å². The maximum Gasteiger partial charge on any atom is 0.323 e. The van der Waals surface area contributed by atoms with Crippen molar-refractivity contribution in [1.82, 2.24) is 4.90 Å². The van der Waals surface area contributed by atoms with E-state index in [0.29, 0.717) is 32.6 Å². The molecule has 0 radical (unpaired) electrons. The fraction of sp³-hybridized carbons (Fsp3) is 0.692. The van der Waals surface area contributed by atoms with Crippen molar-refractivity contribution >= 4 is 11.9 Å². The largest absolute Gasteiger partial charge is 0.480 e. The Hall–Kier alpha value is -1.36. The average molecular weight is 257 g/mol. The number of aliphatic carboxylic acids is 1. The number of hydrogen-bond donors (Lipinski definition) is 1. The van der Waals surface area contributed by atoms with Crippen molar-refractivity contribution in [2.45, 2.75) is 26.7 Å². The van der Waals surface area contributed by atoms with Crippen molar-refractivity contribution in [3.05, 3.63) is 12.7 Å². The van der Waals surface area contributed by atoms with Crippen molar-refractivity contribution < 1.29 is 19.4 Å². The summed E-state index contributed by atoms with van der Waals surface area (Å²) in [5, 5.41) is 8.76. The highest BCUT2D eigenvalue weighted by Crippen LogP contribution is 2.03. The highest BCUT2D eigenvalue weighted by Gasteiger charge is 2.17. The van der Waals surface area contributed by atoms with Crippen LogP contribution in [0.1, 0.15) is 26.7 Å². The first-order valence-electron chi connectivity index (χ1n) is 6.15. The summed E-state index contributed by atoms with van der Waals surface area (Å²) in [5.74, 6) is -0.856. The number of carboxylic acid groups (broad SMARTS) is 1. The molecule has 0 aromatic carbocycles. The molecular weight excluding hydrogens is 234 g/mol. The Labute approximate surface area is 108 Å². The lowest BCUT2D eigenvalue weighted by Gasteiger charge is -2.22. The molecule has 0 aromatic heterocycles. The Morgan fingerprint density at radius 2 is 2.11 bits per heavy atom. The van der Waals surface area contributed by atoms with Gasteiger partial charge in [-0.25, -0.2) is 0 Å². The third-order valence-corrected chi connectivity index (χ3v) is 2.18. The summed E-state index contributed by atoms with van der Waals surface area (Å²) in [6, 6.07) is 0. The molecule has 0 aliphatic heterocycles. The summed E-state index contributed by atoms with van der Waals surface area (Å²) in [5.41, 5.74) is 0. The monoisotopic (exact) mass is 257 g/mol. The van der Waals surface area contributed by atoms with E-state index in [-0.39, 0.29) is 18.4 Å². The molecule has 0 fully saturated rings. The molecule has 0 aromatic rings. The number of ether oxygens (including phenoxy) is 1. The van der Waals surface area contributed by atoms with E-state index in [2.05, 4.69) is 6.58 Å². The van der Waals surface area contributed by atoms with Crippen LogP contribution in [-0.4, -0.2) is 48.2 Å². The van der Waals surface area contributed by atoms with Crippen LogP contribution in [0.5, 0.6) is 0 Å². The van der Waals surface area contributed by atoms with Crippen molar-refractivity contribution in [3.8, 4) is 0 Å². The van der Waals surface area contributed by atoms with Crippen LogP contribution in [0.15, 0.2) is 12.7 Å². The highest BCUT2D eigenvalue weighted by atomic mass is 16.5. The zero-order valence-corrected chi connectivity index (χ0v) is 11.2. The van der Waals surface area contributed by atoms with Crippen LogP contribution in [-0.2, 0) is 14.3 Å². The number of carbonyl (C=O) groups excluding carboxylic acids is 1. The first-order chi connectivity index (χ1) is 8.47. The lowest BCUT2D eigenvalue weighted by molar-refractivity contribution is -0.144. The van der Waals surface area contributed by atoms with Crippen LogP contribution < -0.4 is 0 Å². The molecule has 1 N–H and O–H groups in total. The average Bonchev–Trinajstić information content (AvgIpc) is 2.26. The molecule has 0 atom stereocenters. The molecule has 0 saturated carbocycles. The molecule has 0 aliphatic carbocycles. The van der Waals surface area contributed by atoms with E-state index in [1.165, 1.54) is 4.90 Å². The zero-order chi connectivity index (χ0) is 14.0. The molecule has 0 saturated heterocycles. The fourth-order valence-corrected chi connectivity index (χ4v) is 1.51. The normalized spacial score (nSPS) is 10.4. The Balaban J connectivity index is 4.04. The quantitative estimate of drug-likeness (QED) is 0.476. The van der Waals surface area contributed by atoms with Crippen LogP contribution in [0.25, 0.3) is 0 Å². The first-order valence-corrected chi connectivity index (χ1v) is 6.15. The van der Waals surface area contributed by atoms with Crippen LogP contribution >= 0.6 is 0 Å². The maximum absolute atomic E-state index is 11.8. The molecule has 0 bridgehead atoms. The van der Waals surface area contributed by atoms with Gasteiger partial charge in [0.2, 0.25) is 5.91 Å². The van der Waals surface area contributed by atoms with Crippen molar-refractivity contribution in [2.24, 2.45) is 5.92 Å². The molecule has 1 amide bonds. The number of carbonyl (C=O) groups is 2. The van der Waals surface area contributed by atoms with Crippen LogP contribution in [0.4, 0.5) is 0 Å². The Kier molecular flexibility index (Phi) is 8.92. The SMILES string of the molecule is C=CCOCCCC(=O)N(CC(=O)O)CC(C)C. The summed E-state index contributed by atoms with van der Waals surface area (Å²) < 4.78 is 5.17. The number of hydrogen-bond acceptors (Lipinski definition) is 3. The van der Waals surface area contributed by atoms with E-state index < -0.39 is 5.97 Å². The van der Waals surface area contributed by atoms with Gasteiger partial charge in [0.1, 0.15) is 6.54 Å². The van der Waals surface area contributed by atoms with Crippen molar-refractivity contribution in [2.75, 3.05) is 26.3 Å². The fourth-order valence-electron chi connectivity index (χ4n) is 1.51. The lowest BCUT2D eigenvalue weighted by atomic mass is 10.2.